The second-order valence-electron chi connectivity index (χ2n) is 7.23. The second kappa shape index (κ2) is 6.18. The zero-order valence-corrected chi connectivity index (χ0v) is 13.7. The molecule has 0 heterocycles. The van der Waals surface area contributed by atoms with Crippen LogP contribution < -0.4 is 5.73 Å². The predicted molar refractivity (Wildman–Crippen MR) is 86.9 cm³/mol. The highest BCUT2D eigenvalue weighted by Gasteiger charge is 2.32. The SMILES string of the molecule is Cc1ccc(C(N)C(=O)N(C)C2CCC(C)(C)CC2)cc1. The zero-order chi connectivity index (χ0) is 15.6. The molecule has 1 unspecified atom stereocenters. The molecule has 1 saturated carbocycles. The summed E-state index contributed by atoms with van der Waals surface area (Å²) in [4.78, 5) is 14.5. The first-order chi connectivity index (χ1) is 9.80. The van der Waals surface area contributed by atoms with E-state index in [9.17, 15) is 4.79 Å². The van der Waals surface area contributed by atoms with Crippen molar-refractivity contribution in [1.82, 2.24) is 4.90 Å². The predicted octanol–water partition coefficient (Wildman–Crippen LogP) is 3.42. The number of hydrogen-bond donors (Lipinski definition) is 1. The minimum Gasteiger partial charge on any atom is -0.341 e. The van der Waals surface area contributed by atoms with Gasteiger partial charge in [0.15, 0.2) is 0 Å². The molecule has 0 spiro atoms. The lowest BCUT2D eigenvalue weighted by atomic mass is 9.75. The van der Waals surface area contributed by atoms with E-state index in [4.69, 9.17) is 5.73 Å². The Balaban J connectivity index is 2.00. The number of aryl methyl sites for hydroxylation is 1. The first-order valence-electron chi connectivity index (χ1n) is 7.89. The summed E-state index contributed by atoms with van der Waals surface area (Å²) in [6, 6.07) is 7.70. The van der Waals surface area contributed by atoms with Crippen molar-refractivity contribution in [2.75, 3.05) is 7.05 Å². The normalized spacial score (nSPS) is 20.0. The molecule has 3 nitrogen and oxygen atoms in total. The van der Waals surface area contributed by atoms with Gasteiger partial charge in [-0.3, -0.25) is 4.79 Å². The van der Waals surface area contributed by atoms with Crippen molar-refractivity contribution in [3.05, 3.63) is 35.4 Å². The molecule has 2 rings (SSSR count). The third kappa shape index (κ3) is 3.85. The van der Waals surface area contributed by atoms with Crippen molar-refractivity contribution in [1.29, 1.82) is 0 Å². The van der Waals surface area contributed by atoms with Gasteiger partial charge in [0, 0.05) is 13.1 Å². The number of amides is 1. The number of hydrogen-bond acceptors (Lipinski definition) is 2. The average molecular weight is 288 g/mol. The fraction of sp³-hybridized carbons (Fsp3) is 0.611. The van der Waals surface area contributed by atoms with E-state index in [0.717, 1.165) is 18.4 Å². The fourth-order valence-corrected chi connectivity index (χ4v) is 3.09. The van der Waals surface area contributed by atoms with Crippen molar-refractivity contribution in [3.8, 4) is 0 Å². The summed E-state index contributed by atoms with van der Waals surface area (Å²) in [6.07, 6.45) is 4.51. The summed E-state index contributed by atoms with van der Waals surface area (Å²) in [5.41, 5.74) is 8.65. The topological polar surface area (TPSA) is 46.3 Å². The first kappa shape index (κ1) is 16.0. The molecule has 1 amide bonds. The summed E-state index contributed by atoms with van der Waals surface area (Å²) >= 11 is 0. The highest BCUT2D eigenvalue weighted by molar-refractivity contribution is 5.83. The molecule has 116 valence electrons. The smallest absolute Gasteiger partial charge is 0.244 e. The van der Waals surface area contributed by atoms with Gasteiger partial charge in [0.2, 0.25) is 5.91 Å². The maximum atomic E-state index is 12.6. The summed E-state index contributed by atoms with van der Waals surface area (Å²) in [5.74, 6) is 0.0311. The van der Waals surface area contributed by atoms with Crippen LogP contribution in [0.1, 0.15) is 56.7 Å². The molecular formula is C18H28N2O. The van der Waals surface area contributed by atoms with Gasteiger partial charge in [-0.15, -0.1) is 0 Å². The van der Waals surface area contributed by atoms with E-state index in [2.05, 4.69) is 13.8 Å². The standard InChI is InChI=1S/C18H28N2O/c1-13-5-7-14(8-6-13)16(19)17(21)20(4)15-9-11-18(2,3)12-10-15/h5-8,15-16H,9-12,19H2,1-4H3. The van der Waals surface area contributed by atoms with Crippen LogP contribution >= 0.6 is 0 Å². The number of benzene rings is 1. The van der Waals surface area contributed by atoms with Crippen molar-refractivity contribution >= 4 is 5.91 Å². The van der Waals surface area contributed by atoms with Crippen LogP contribution in [0, 0.1) is 12.3 Å². The summed E-state index contributed by atoms with van der Waals surface area (Å²) < 4.78 is 0. The molecule has 1 aromatic rings. The number of likely N-dealkylation sites (N-methyl/N-ethyl adjacent to an activating group) is 1. The number of carbonyl (C=O) groups is 1. The van der Waals surface area contributed by atoms with Gasteiger partial charge in [0.1, 0.15) is 6.04 Å². The molecular weight excluding hydrogens is 260 g/mol. The highest BCUT2D eigenvalue weighted by Crippen LogP contribution is 2.37. The fourth-order valence-electron chi connectivity index (χ4n) is 3.09. The number of rotatable bonds is 3. The number of carbonyl (C=O) groups excluding carboxylic acids is 1. The third-order valence-corrected chi connectivity index (χ3v) is 4.91. The van der Waals surface area contributed by atoms with E-state index in [-0.39, 0.29) is 5.91 Å². The lowest BCUT2D eigenvalue weighted by Crippen LogP contribution is -2.44. The quantitative estimate of drug-likeness (QED) is 0.926. The largest absolute Gasteiger partial charge is 0.341 e. The first-order valence-corrected chi connectivity index (χ1v) is 7.89. The molecule has 1 aromatic carbocycles. The Morgan fingerprint density at radius 1 is 1.24 bits per heavy atom. The highest BCUT2D eigenvalue weighted by atomic mass is 16.2. The minimum absolute atomic E-state index is 0.0311. The van der Waals surface area contributed by atoms with Crippen LogP contribution in [0.15, 0.2) is 24.3 Å². The van der Waals surface area contributed by atoms with Crippen LogP contribution in [0.2, 0.25) is 0 Å². The summed E-state index contributed by atoms with van der Waals surface area (Å²) in [5, 5.41) is 0. The zero-order valence-electron chi connectivity index (χ0n) is 13.7. The van der Waals surface area contributed by atoms with Gasteiger partial charge in [-0.1, -0.05) is 43.7 Å². The molecule has 1 atom stereocenters. The Bertz CT molecular complexity index is 482. The van der Waals surface area contributed by atoms with Gasteiger partial charge >= 0.3 is 0 Å². The van der Waals surface area contributed by atoms with Gasteiger partial charge < -0.3 is 10.6 Å². The van der Waals surface area contributed by atoms with Crippen LogP contribution in [0.4, 0.5) is 0 Å². The third-order valence-electron chi connectivity index (χ3n) is 4.91. The van der Waals surface area contributed by atoms with Crippen molar-refractivity contribution in [2.45, 2.75) is 58.5 Å². The molecule has 21 heavy (non-hydrogen) atoms. The van der Waals surface area contributed by atoms with Gasteiger partial charge in [0.05, 0.1) is 0 Å². The molecule has 0 aromatic heterocycles. The Labute approximate surface area is 128 Å². The lowest BCUT2D eigenvalue weighted by Gasteiger charge is -2.39. The van der Waals surface area contributed by atoms with Crippen LogP contribution in [-0.4, -0.2) is 23.9 Å². The molecule has 1 fully saturated rings. The summed E-state index contributed by atoms with van der Waals surface area (Å²) in [6.45, 7) is 6.65. The second-order valence-corrected chi connectivity index (χ2v) is 7.23. The summed E-state index contributed by atoms with van der Waals surface area (Å²) in [7, 11) is 1.90. The van der Waals surface area contributed by atoms with E-state index in [0.29, 0.717) is 11.5 Å². The molecule has 3 heteroatoms. The van der Waals surface area contributed by atoms with E-state index in [1.165, 1.54) is 18.4 Å². The Morgan fingerprint density at radius 2 is 1.76 bits per heavy atom. The number of nitrogens with zero attached hydrogens (tertiary/aromatic N) is 1. The minimum atomic E-state index is -0.550. The molecule has 0 bridgehead atoms. The molecule has 1 aliphatic rings. The van der Waals surface area contributed by atoms with E-state index in [1.54, 1.807) is 0 Å². The van der Waals surface area contributed by atoms with Crippen molar-refractivity contribution in [3.63, 3.8) is 0 Å². The molecule has 1 aliphatic carbocycles. The van der Waals surface area contributed by atoms with E-state index < -0.39 is 6.04 Å². The van der Waals surface area contributed by atoms with Gasteiger partial charge in [0.25, 0.3) is 0 Å². The van der Waals surface area contributed by atoms with Crippen molar-refractivity contribution in [2.24, 2.45) is 11.1 Å². The molecule has 2 N–H and O–H groups in total. The van der Waals surface area contributed by atoms with E-state index >= 15 is 0 Å². The van der Waals surface area contributed by atoms with E-state index in [1.807, 2.05) is 43.1 Å². The van der Waals surface area contributed by atoms with Crippen LogP contribution in [0.5, 0.6) is 0 Å². The Morgan fingerprint density at radius 3 is 2.29 bits per heavy atom. The van der Waals surface area contributed by atoms with Crippen LogP contribution in [0.3, 0.4) is 0 Å². The van der Waals surface area contributed by atoms with Crippen molar-refractivity contribution < 1.29 is 4.79 Å². The van der Waals surface area contributed by atoms with Gasteiger partial charge in [-0.25, -0.2) is 0 Å². The van der Waals surface area contributed by atoms with Gasteiger partial charge in [-0.2, -0.15) is 0 Å². The van der Waals surface area contributed by atoms with Crippen LogP contribution in [-0.2, 0) is 4.79 Å². The Kier molecular flexibility index (Phi) is 4.72. The average Bonchev–Trinajstić information content (AvgIpc) is 2.46. The monoisotopic (exact) mass is 288 g/mol. The maximum absolute atomic E-state index is 12.6. The van der Waals surface area contributed by atoms with Gasteiger partial charge in [-0.05, 0) is 43.6 Å². The maximum Gasteiger partial charge on any atom is 0.244 e. The molecule has 0 aliphatic heterocycles. The Hall–Kier alpha value is -1.35. The lowest BCUT2D eigenvalue weighted by molar-refractivity contribution is -0.134. The molecule has 0 saturated heterocycles. The van der Waals surface area contributed by atoms with Crippen LogP contribution in [0.25, 0.3) is 0 Å². The number of nitrogens with two attached hydrogens (primary N) is 1. The molecule has 0 radical (unpaired) electrons.